The number of benzene rings is 1. The maximum Gasteiger partial charge on any atom is 0.110 e. The molecule has 0 radical (unpaired) electrons. The lowest BCUT2D eigenvalue weighted by molar-refractivity contribution is 0.789. The SMILES string of the molecule is Cc1cc(NCCc2nccn2C)ccc1N. The van der Waals surface area contributed by atoms with Gasteiger partial charge in [0.2, 0.25) is 0 Å². The Hall–Kier alpha value is -1.97. The van der Waals surface area contributed by atoms with Crippen molar-refractivity contribution in [2.24, 2.45) is 7.05 Å². The predicted octanol–water partition coefficient (Wildman–Crippen LogP) is 1.97. The number of rotatable bonds is 4. The molecule has 17 heavy (non-hydrogen) atoms. The Morgan fingerprint density at radius 3 is 2.88 bits per heavy atom. The summed E-state index contributed by atoms with van der Waals surface area (Å²) < 4.78 is 2.04. The molecule has 2 rings (SSSR count). The molecule has 3 N–H and O–H groups in total. The molecule has 1 aromatic heterocycles. The third kappa shape index (κ3) is 2.78. The lowest BCUT2D eigenvalue weighted by Crippen LogP contribution is -2.08. The molecule has 90 valence electrons. The molecule has 0 aliphatic carbocycles. The van der Waals surface area contributed by atoms with Gasteiger partial charge in [-0.25, -0.2) is 4.98 Å². The standard InChI is InChI=1S/C13H18N4/c1-10-9-11(3-4-12(10)14)15-6-5-13-16-7-8-17(13)2/h3-4,7-9,15H,5-6,14H2,1-2H3. The fraction of sp³-hybridized carbons (Fsp3) is 0.308. The van der Waals surface area contributed by atoms with Crippen LogP contribution in [0, 0.1) is 6.92 Å². The Labute approximate surface area is 101 Å². The highest BCUT2D eigenvalue weighted by Gasteiger charge is 1.99. The molecule has 0 aliphatic rings. The highest BCUT2D eigenvalue weighted by atomic mass is 15.0. The van der Waals surface area contributed by atoms with E-state index in [9.17, 15) is 0 Å². The summed E-state index contributed by atoms with van der Waals surface area (Å²) in [5.74, 6) is 1.09. The molecule has 0 spiro atoms. The van der Waals surface area contributed by atoms with Crippen LogP contribution in [0.1, 0.15) is 11.4 Å². The number of aromatic nitrogens is 2. The van der Waals surface area contributed by atoms with Crippen molar-refractivity contribution in [1.29, 1.82) is 0 Å². The van der Waals surface area contributed by atoms with Gasteiger partial charge in [-0.2, -0.15) is 0 Å². The van der Waals surface area contributed by atoms with Gasteiger partial charge in [0.05, 0.1) is 0 Å². The summed E-state index contributed by atoms with van der Waals surface area (Å²) in [4.78, 5) is 4.28. The monoisotopic (exact) mass is 230 g/mol. The summed E-state index contributed by atoms with van der Waals surface area (Å²) >= 11 is 0. The highest BCUT2D eigenvalue weighted by molar-refractivity contribution is 5.56. The fourth-order valence-electron chi connectivity index (χ4n) is 1.74. The highest BCUT2D eigenvalue weighted by Crippen LogP contribution is 2.16. The molecule has 4 heteroatoms. The second kappa shape index (κ2) is 4.91. The number of hydrogen-bond donors (Lipinski definition) is 2. The Morgan fingerprint density at radius 1 is 1.41 bits per heavy atom. The van der Waals surface area contributed by atoms with Crippen molar-refractivity contribution in [3.05, 3.63) is 42.0 Å². The lowest BCUT2D eigenvalue weighted by atomic mass is 10.2. The number of aryl methyl sites for hydroxylation is 2. The number of nitrogens with zero attached hydrogens (tertiary/aromatic N) is 2. The molecule has 0 fully saturated rings. The third-order valence-electron chi connectivity index (χ3n) is 2.87. The van der Waals surface area contributed by atoms with Gasteiger partial charge in [-0.3, -0.25) is 0 Å². The Bertz CT molecular complexity index is 502. The molecule has 0 bridgehead atoms. The van der Waals surface area contributed by atoms with Gasteiger partial charge in [-0.1, -0.05) is 0 Å². The van der Waals surface area contributed by atoms with E-state index in [1.165, 1.54) is 0 Å². The third-order valence-corrected chi connectivity index (χ3v) is 2.87. The summed E-state index contributed by atoms with van der Waals surface area (Å²) in [5, 5.41) is 3.37. The van der Waals surface area contributed by atoms with Crippen LogP contribution < -0.4 is 11.1 Å². The van der Waals surface area contributed by atoms with Crippen molar-refractivity contribution in [2.45, 2.75) is 13.3 Å². The number of imidazole rings is 1. The Kier molecular flexibility index (Phi) is 3.32. The largest absolute Gasteiger partial charge is 0.399 e. The molecule has 4 nitrogen and oxygen atoms in total. The van der Waals surface area contributed by atoms with Crippen LogP contribution in [0.2, 0.25) is 0 Å². The molecule has 1 heterocycles. The quantitative estimate of drug-likeness (QED) is 0.789. The summed E-state index contributed by atoms with van der Waals surface area (Å²) in [6, 6.07) is 5.99. The first kappa shape index (κ1) is 11.5. The van der Waals surface area contributed by atoms with Gasteiger partial charge < -0.3 is 15.6 Å². The van der Waals surface area contributed by atoms with Gasteiger partial charge in [0.1, 0.15) is 5.82 Å². The topological polar surface area (TPSA) is 55.9 Å². The second-order valence-corrected chi connectivity index (χ2v) is 4.20. The van der Waals surface area contributed by atoms with Crippen molar-refractivity contribution in [3.63, 3.8) is 0 Å². The van der Waals surface area contributed by atoms with E-state index in [-0.39, 0.29) is 0 Å². The van der Waals surface area contributed by atoms with Crippen LogP contribution in [-0.2, 0) is 13.5 Å². The predicted molar refractivity (Wildman–Crippen MR) is 71.0 cm³/mol. The zero-order valence-electron chi connectivity index (χ0n) is 10.3. The first-order valence-electron chi connectivity index (χ1n) is 5.73. The van der Waals surface area contributed by atoms with Crippen molar-refractivity contribution < 1.29 is 0 Å². The van der Waals surface area contributed by atoms with Crippen LogP contribution >= 0.6 is 0 Å². The first-order chi connectivity index (χ1) is 8.16. The molecule has 0 aliphatic heterocycles. The van der Waals surface area contributed by atoms with Crippen LogP contribution in [0.15, 0.2) is 30.6 Å². The van der Waals surface area contributed by atoms with Crippen LogP contribution in [0.4, 0.5) is 11.4 Å². The van der Waals surface area contributed by atoms with Crippen LogP contribution in [0.5, 0.6) is 0 Å². The number of anilines is 2. The smallest absolute Gasteiger partial charge is 0.110 e. The normalized spacial score (nSPS) is 10.5. The van der Waals surface area contributed by atoms with E-state index in [2.05, 4.69) is 16.4 Å². The number of nitrogens with one attached hydrogen (secondary N) is 1. The average Bonchev–Trinajstić information content (AvgIpc) is 2.70. The summed E-state index contributed by atoms with van der Waals surface area (Å²) in [7, 11) is 2.01. The van der Waals surface area contributed by atoms with E-state index >= 15 is 0 Å². The number of nitrogen functional groups attached to an aromatic ring is 1. The molecule has 0 saturated carbocycles. The summed E-state index contributed by atoms with van der Waals surface area (Å²) in [6.45, 7) is 2.88. The van der Waals surface area contributed by atoms with Gasteiger partial charge in [0.15, 0.2) is 0 Å². The Balaban J connectivity index is 1.90. The molecule has 0 amide bonds. The van der Waals surface area contributed by atoms with Crippen LogP contribution in [0.3, 0.4) is 0 Å². The Morgan fingerprint density at radius 2 is 2.24 bits per heavy atom. The van der Waals surface area contributed by atoms with E-state index < -0.39 is 0 Å². The maximum atomic E-state index is 5.77. The molecule has 1 aromatic carbocycles. The lowest BCUT2D eigenvalue weighted by Gasteiger charge is -2.08. The average molecular weight is 230 g/mol. The molecular weight excluding hydrogens is 212 g/mol. The van der Waals surface area contributed by atoms with Crippen LogP contribution in [0.25, 0.3) is 0 Å². The van der Waals surface area contributed by atoms with E-state index in [1.54, 1.807) is 0 Å². The van der Waals surface area contributed by atoms with Gasteiger partial charge in [0.25, 0.3) is 0 Å². The molecule has 2 aromatic rings. The number of nitrogens with two attached hydrogens (primary N) is 1. The second-order valence-electron chi connectivity index (χ2n) is 4.20. The molecule has 0 unspecified atom stereocenters. The van der Waals surface area contributed by atoms with Crippen molar-refractivity contribution >= 4 is 11.4 Å². The fourth-order valence-corrected chi connectivity index (χ4v) is 1.74. The van der Waals surface area contributed by atoms with E-state index in [0.29, 0.717) is 0 Å². The van der Waals surface area contributed by atoms with Gasteiger partial charge in [-0.15, -0.1) is 0 Å². The van der Waals surface area contributed by atoms with E-state index in [1.807, 2.05) is 43.1 Å². The molecule has 0 atom stereocenters. The zero-order chi connectivity index (χ0) is 12.3. The van der Waals surface area contributed by atoms with Crippen molar-refractivity contribution in [1.82, 2.24) is 9.55 Å². The summed E-state index contributed by atoms with van der Waals surface area (Å²) in [5.41, 5.74) is 8.81. The minimum atomic E-state index is 0.833. The minimum Gasteiger partial charge on any atom is -0.399 e. The number of hydrogen-bond acceptors (Lipinski definition) is 3. The first-order valence-corrected chi connectivity index (χ1v) is 5.73. The molecular formula is C13H18N4. The van der Waals surface area contributed by atoms with Crippen molar-refractivity contribution in [2.75, 3.05) is 17.6 Å². The van der Waals surface area contributed by atoms with Gasteiger partial charge in [0, 0.05) is 43.8 Å². The minimum absolute atomic E-state index is 0.833. The van der Waals surface area contributed by atoms with Gasteiger partial charge in [-0.05, 0) is 30.7 Å². The molecule has 0 saturated heterocycles. The van der Waals surface area contributed by atoms with E-state index in [4.69, 9.17) is 5.73 Å². The summed E-state index contributed by atoms with van der Waals surface area (Å²) in [6.07, 6.45) is 4.69. The zero-order valence-corrected chi connectivity index (χ0v) is 10.3. The van der Waals surface area contributed by atoms with Crippen LogP contribution in [-0.4, -0.2) is 16.1 Å². The van der Waals surface area contributed by atoms with Crippen molar-refractivity contribution in [3.8, 4) is 0 Å². The maximum absolute atomic E-state index is 5.77. The van der Waals surface area contributed by atoms with Gasteiger partial charge >= 0.3 is 0 Å². The van der Waals surface area contributed by atoms with E-state index in [0.717, 1.165) is 35.7 Å².